The highest BCUT2D eigenvalue weighted by Crippen LogP contribution is 2.39. The molecule has 0 amide bonds. The van der Waals surface area contributed by atoms with Crippen LogP contribution in [0.15, 0.2) is 16.6 Å². The van der Waals surface area contributed by atoms with Crippen LogP contribution in [0.4, 0.5) is 0 Å². The van der Waals surface area contributed by atoms with Crippen molar-refractivity contribution in [1.82, 2.24) is 0 Å². The van der Waals surface area contributed by atoms with E-state index >= 15 is 0 Å². The van der Waals surface area contributed by atoms with Crippen LogP contribution in [0.3, 0.4) is 0 Å². The first kappa shape index (κ1) is 14.8. The number of methoxy groups -OCH3 is 1. The van der Waals surface area contributed by atoms with Crippen molar-refractivity contribution in [1.29, 1.82) is 0 Å². The van der Waals surface area contributed by atoms with E-state index in [-0.39, 0.29) is 6.10 Å². The molecule has 100 valence electrons. The van der Waals surface area contributed by atoms with Crippen LogP contribution in [0.5, 0.6) is 11.5 Å². The molecule has 0 bridgehead atoms. The number of carboxylic acid groups (broad SMARTS) is 1. The van der Waals surface area contributed by atoms with Crippen LogP contribution in [0.25, 0.3) is 0 Å². The minimum absolute atomic E-state index is 0.0557. The van der Waals surface area contributed by atoms with E-state index in [1.54, 1.807) is 19.1 Å². The van der Waals surface area contributed by atoms with E-state index in [2.05, 4.69) is 15.9 Å². The Bertz CT molecular complexity index is 443. The van der Waals surface area contributed by atoms with Gasteiger partial charge >= 0.3 is 5.97 Å². The maximum atomic E-state index is 11.1. The fraction of sp³-hybridized carbons (Fsp3) is 0.462. The Morgan fingerprint density at radius 3 is 2.39 bits per heavy atom. The van der Waals surface area contributed by atoms with Crippen molar-refractivity contribution in [3.05, 3.63) is 22.2 Å². The molecule has 18 heavy (non-hydrogen) atoms. The molecular weight excluding hydrogens is 300 g/mol. The van der Waals surface area contributed by atoms with Gasteiger partial charge in [-0.2, -0.15) is 0 Å². The second kappa shape index (κ2) is 6.09. The van der Waals surface area contributed by atoms with Gasteiger partial charge in [-0.1, -0.05) is 15.9 Å². The molecule has 5 heteroatoms. The molecule has 1 rings (SSSR count). The first-order valence-electron chi connectivity index (χ1n) is 5.63. The van der Waals surface area contributed by atoms with Gasteiger partial charge in [0.15, 0.2) is 11.5 Å². The summed E-state index contributed by atoms with van der Waals surface area (Å²) in [5.41, 5.74) is 0.599. The van der Waals surface area contributed by atoms with Crippen molar-refractivity contribution in [3.63, 3.8) is 0 Å². The molecule has 0 saturated carbocycles. The molecule has 0 aliphatic carbocycles. The summed E-state index contributed by atoms with van der Waals surface area (Å²) in [7, 11) is 1.53. The maximum Gasteiger partial charge on any atom is 0.310 e. The molecule has 0 aliphatic rings. The Morgan fingerprint density at radius 2 is 1.94 bits per heavy atom. The first-order chi connectivity index (χ1) is 8.36. The fourth-order valence-corrected chi connectivity index (χ4v) is 2.01. The molecule has 0 spiro atoms. The third kappa shape index (κ3) is 3.38. The second-order valence-corrected chi connectivity index (χ2v) is 5.17. The molecule has 1 atom stereocenters. The predicted octanol–water partition coefficient (Wildman–Crippen LogP) is 3.43. The van der Waals surface area contributed by atoms with Crippen LogP contribution >= 0.6 is 15.9 Å². The lowest BCUT2D eigenvalue weighted by atomic mass is 10.00. The molecule has 1 aromatic carbocycles. The van der Waals surface area contributed by atoms with Crippen LogP contribution in [0.2, 0.25) is 0 Å². The minimum Gasteiger partial charge on any atom is -0.493 e. The van der Waals surface area contributed by atoms with Gasteiger partial charge in [0.2, 0.25) is 0 Å². The van der Waals surface area contributed by atoms with Crippen LogP contribution in [0.1, 0.15) is 32.3 Å². The lowest BCUT2D eigenvalue weighted by molar-refractivity contribution is -0.138. The van der Waals surface area contributed by atoms with E-state index in [1.165, 1.54) is 7.11 Å². The number of halogens is 1. The molecule has 0 aromatic heterocycles. The van der Waals surface area contributed by atoms with Gasteiger partial charge < -0.3 is 14.6 Å². The average molecular weight is 317 g/mol. The van der Waals surface area contributed by atoms with E-state index < -0.39 is 11.9 Å². The van der Waals surface area contributed by atoms with Gasteiger partial charge in [-0.05, 0) is 32.9 Å². The highest BCUT2D eigenvalue weighted by molar-refractivity contribution is 9.10. The normalized spacial score (nSPS) is 12.3. The smallest absolute Gasteiger partial charge is 0.310 e. The van der Waals surface area contributed by atoms with E-state index in [4.69, 9.17) is 14.6 Å². The molecular formula is C13H17BrO4. The zero-order chi connectivity index (χ0) is 13.9. The standard InChI is InChI=1S/C13H17BrO4/c1-7(2)18-12-10(8(3)13(15)16)5-9(14)6-11(12)17-4/h5-8H,1-4H3,(H,15,16). The maximum absolute atomic E-state index is 11.1. The number of carboxylic acids is 1. The predicted molar refractivity (Wildman–Crippen MR) is 72.5 cm³/mol. The summed E-state index contributed by atoms with van der Waals surface area (Å²) in [6.07, 6.45) is -0.0557. The van der Waals surface area contributed by atoms with Gasteiger partial charge in [-0.3, -0.25) is 4.79 Å². The highest BCUT2D eigenvalue weighted by Gasteiger charge is 2.23. The van der Waals surface area contributed by atoms with Gasteiger partial charge in [0.05, 0.1) is 19.1 Å². The van der Waals surface area contributed by atoms with E-state index in [1.807, 2.05) is 13.8 Å². The summed E-state index contributed by atoms with van der Waals surface area (Å²) in [5, 5.41) is 9.14. The summed E-state index contributed by atoms with van der Waals surface area (Å²) in [4.78, 5) is 11.1. The van der Waals surface area contributed by atoms with Crippen LogP contribution in [-0.2, 0) is 4.79 Å². The Morgan fingerprint density at radius 1 is 1.33 bits per heavy atom. The summed E-state index contributed by atoms with van der Waals surface area (Å²) in [6.45, 7) is 5.39. The summed E-state index contributed by atoms with van der Waals surface area (Å²) >= 11 is 3.34. The fourth-order valence-electron chi connectivity index (χ4n) is 1.56. The number of aliphatic carboxylic acids is 1. The van der Waals surface area contributed by atoms with Gasteiger partial charge in [0.1, 0.15) is 0 Å². The molecule has 0 aliphatic heterocycles. The largest absolute Gasteiger partial charge is 0.493 e. The molecule has 1 aromatic rings. The van der Waals surface area contributed by atoms with Crippen molar-refractivity contribution < 1.29 is 19.4 Å². The lowest BCUT2D eigenvalue weighted by Crippen LogP contribution is -2.13. The lowest BCUT2D eigenvalue weighted by Gasteiger charge is -2.19. The molecule has 0 radical (unpaired) electrons. The Hall–Kier alpha value is -1.23. The zero-order valence-electron chi connectivity index (χ0n) is 10.9. The van der Waals surface area contributed by atoms with Crippen LogP contribution < -0.4 is 9.47 Å². The highest BCUT2D eigenvalue weighted by atomic mass is 79.9. The monoisotopic (exact) mass is 316 g/mol. The van der Waals surface area contributed by atoms with Crippen molar-refractivity contribution in [2.24, 2.45) is 0 Å². The SMILES string of the molecule is COc1cc(Br)cc(C(C)C(=O)O)c1OC(C)C. The summed E-state index contributed by atoms with van der Waals surface area (Å²) in [6, 6.07) is 3.51. The van der Waals surface area contributed by atoms with E-state index in [0.29, 0.717) is 17.1 Å². The Labute approximate surface area is 115 Å². The number of carbonyl (C=O) groups is 1. The van der Waals surface area contributed by atoms with Gasteiger partial charge in [0.25, 0.3) is 0 Å². The Balaban J connectivity index is 3.36. The minimum atomic E-state index is -0.899. The van der Waals surface area contributed by atoms with Crippen molar-refractivity contribution in [3.8, 4) is 11.5 Å². The third-order valence-corrected chi connectivity index (χ3v) is 2.92. The number of ether oxygens (including phenoxy) is 2. The van der Waals surface area contributed by atoms with E-state index in [0.717, 1.165) is 4.47 Å². The molecule has 4 nitrogen and oxygen atoms in total. The van der Waals surface area contributed by atoms with Crippen molar-refractivity contribution in [2.45, 2.75) is 32.8 Å². The molecule has 1 unspecified atom stereocenters. The molecule has 1 N–H and O–H groups in total. The zero-order valence-corrected chi connectivity index (χ0v) is 12.4. The number of rotatable bonds is 5. The number of hydrogen-bond acceptors (Lipinski definition) is 3. The molecule has 0 fully saturated rings. The summed E-state index contributed by atoms with van der Waals surface area (Å²) in [5.74, 6) is -0.541. The van der Waals surface area contributed by atoms with E-state index in [9.17, 15) is 4.79 Å². The van der Waals surface area contributed by atoms with Gasteiger partial charge in [-0.15, -0.1) is 0 Å². The molecule has 0 heterocycles. The Kier molecular flexibility index (Phi) is 5.02. The van der Waals surface area contributed by atoms with Crippen molar-refractivity contribution >= 4 is 21.9 Å². The second-order valence-electron chi connectivity index (χ2n) is 4.25. The quantitative estimate of drug-likeness (QED) is 0.904. The number of hydrogen-bond donors (Lipinski definition) is 1. The average Bonchev–Trinajstić information content (AvgIpc) is 2.29. The molecule has 0 saturated heterocycles. The first-order valence-corrected chi connectivity index (χ1v) is 6.43. The van der Waals surface area contributed by atoms with Gasteiger partial charge in [-0.25, -0.2) is 0 Å². The van der Waals surface area contributed by atoms with Gasteiger partial charge in [0, 0.05) is 10.0 Å². The van der Waals surface area contributed by atoms with Crippen LogP contribution in [0, 0.1) is 0 Å². The van der Waals surface area contributed by atoms with Crippen molar-refractivity contribution in [2.75, 3.05) is 7.11 Å². The third-order valence-electron chi connectivity index (χ3n) is 2.46. The number of benzene rings is 1. The van der Waals surface area contributed by atoms with Crippen LogP contribution in [-0.4, -0.2) is 24.3 Å². The topological polar surface area (TPSA) is 55.8 Å². The summed E-state index contributed by atoms with van der Waals surface area (Å²) < 4.78 is 11.7.